The van der Waals surface area contributed by atoms with Crippen LogP contribution in [0.15, 0.2) is 6.33 Å². The van der Waals surface area contributed by atoms with E-state index in [1.807, 2.05) is 7.05 Å². The van der Waals surface area contributed by atoms with E-state index in [1.165, 1.54) is 25.7 Å². The third-order valence-electron chi connectivity index (χ3n) is 3.76. The molecule has 2 rings (SSSR count). The molecule has 1 aromatic rings. The van der Waals surface area contributed by atoms with Crippen molar-refractivity contribution in [3.05, 3.63) is 17.0 Å². The Bertz CT molecular complexity index is 427. The van der Waals surface area contributed by atoms with E-state index in [2.05, 4.69) is 26.7 Å². The van der Waals surface area contributed by atoms with Crippen molar-refractivity contribution in [2.24, 2.45) is 0 Å². The van der Waals surface area contributed by atoms with Crippen LogP contribution in [0, 0.1) is 0 Å². The van der Waals surface area contributed by atoms with Gasteiger partial charge in [-0.3, -0.25) is 4.90 Å². The third kappa shape index (κ3) is 3.30. The van der Waals surface area contributed by atoms with E-state index < -0.39 is 0 Å². The highest BCUT2D eigenvalue weighted by molar-refractivity contribution is 6.31. The van der Waals surface area contributed by atoms with Crippen LogP contribution >= 0.6 is 23.2 Å². The molecule has 0 saturated carbocycles. The first-order valence-corrected chi connectivity index (χ1v) is 7.59. The highest BCUT2D eigenvalue weighted by Crippen LogP contribution is 2.26. The Kier molecular flexibility index (Phi) is 5.25. The average molecular weight is 303 g/mol. The van der Waals surface area contributed by atoms with Gasteiger partial charge in [0.15, 0.2) is 0 Å². The van der Waals surface area contributed by atoms with Gasteiger partial charge in [0.1, 0.15) is 17.3 Å². The summed E-state index contributed by atoms with van der Waals surface area (Å²) in [5, 5.41) is 0.450. The monoisotopic (exact) mass is 302 g/mol. The number of likely N-dealkylation sites (tertiary alicyclic amines) is 1. The fourth-order valence-electron chi connectivity index (χ4n) is 2.75. The zero-order chi connectivity index (χ0) is 13.8. The molecule has 1 aliphatic rings. The first-order valence-electron chi connectivity index (χ1n) is 6.67. The summed E-state index contributed by atoms with van der Waals surface area (Å²) in [5.74, 6) is 1.18. The van der Waals surface area contributed by atoms with Gasteiger partial charge < -0.3 is 4.90 Å². The van der Waals surface area contributed by atoms with Crippen molar-refractivity contribution < 1.29 is 0 Å². The van der Waals surface area contributed by atoms with Crippen molar-refractivity contribution in [3.63, 3.8) is 0 Å². The lowest BCUT2D eigenvalue weighted by Gasteiger charge is -2.29. The molecule has 1 saturated heterocycles. The van der Waals surface area contributed by atoms with Gasteiger partial charge >= 0.3 is 0 Å². The predicted octanol–water partition coefficient (Wildman–Crippen LogP) is 2.79. The van der Waals surface area contributed by atoms with Gasteiger partial charge in [0.2, 0.25) is 0 Å². The lowest BCUT2D eigenvalue weighted by atomic mass is 10.2. The van der Waals surface area contributed by atoms with Gasteiger partial charge in [0, 0.05) is 25.2 Å². The summed E-state index contributed by atoms with van der Waals surface area (Å²) in [6.45, 7) is 5.46. The molecule has 19 heavy (non-hydrogen) atoms. The molecule has 6 heteroatoms. The summed E-state index contributed by atoms with van der Waals surface area (Å²) < 4.78 is 0. The van der Waals surface area contributed by atoms with Crippen molar-refractivity contribution in [1.82, 2.24) is 14.9 Å². The number of likely N-dealkylation sites (N-methyl/N-ethyl adjacent to an activating group) is 2. The molecule has 0 aromatic carbocycles. The second-order valence-electron chi connectivity index (χ2n) is 4.91. The van der Waals surface area contributed by atoms with E-state index in [0.717, 1.165) is 24.5 Å². The van der Waals surface area contributed by atoms with Gasteiger partial charge in [0.25, 0.3) is 0 Å². The topological polar surface area (TPSA) is 32.3 Å². The van der Waals surface area contributed by atoms with Crippen LogP contribution in [0.2, 0.25) is 5.15 Å². The van der Waals surface area contributed by atoms with Gasteiger partial charge in [-0.1, -0.05) is 18.5 Å². The highest BCUT2D eigenvalue weighted by atomic mass is 35.5. The molecular formula is C13H20Cl2N4. The van der Waals surface area contributed by atoms with Crippen molar-refractivity contribution in [1.29, 1.82) is 0 Å². The zero-order valence-electron chi connectivity index (χ0n) is 11.4. The molecule has 1 atom stereocenters. The summed E-state index contributed by atoms with van der Waals surface area (Å²) in [6, 6.07) is 0.590. The van der Waals surface area contributed by atoms with Crippen LogP contribution < -0.4 is 4.90 Å². The first kappa shape index (κ1) is 14.8. The maximum atomic E-state index is 6.07. The zero-order valence-corrected chi connectivity index (χ0v) is 13.0. The van der Waals surface area contributed by atoms with E-state index in [1.54, 1.807) is 0 Å². The van der Waals surface area contributed by atoms with E-state index in [-0.39, 0.29) is 0 Å². The lowest BCUT2D eigenvalue weighted by molar-refractivity contribution is 0.270. The molecule has 0 amide bonds. The van der Waals surface area contributed by atoms with Crippen LogP contribution in [0.25, 0.3) is 0 Å². The molecule has 0 spiro atoms. The SMILES string of the molecule is CCN1CCCC1CN(C)c1ncnc(Cl)c1CCl. The smallest absolute Gasteiger partial charge is 0.138 e. The van der Waals surface area contributed by atoms with Gasteiger partial charge in [-0.05, 0) is 25.9 Å². The molecule has 1 fully saturated rings. The fraction of sp³-hybridized carbons (Fsp3) is 0.692. The Morgan fingerprint density at radius 1 is 1.47 bits per heavy atom. The van der Waals surface area contributed by atoms with Gasteiger partial charge in [-0.25, -0.2) is 9.97 Å². The molecule has 106 valence electrons. The van der Waals surface area contributed by atoms with Crippen LogP contribution in [0.3, 0.4) is 0 Å². The fourth-order valence-corrected chi connectivity index (χ4v) is 3.26. The summed E-state index contributed by atoms with van der Waals surface area (Å²) in [5.41, 5.74) is 0.814. The van der Waals surface area contributed by atoms with Crippen molar-refractivity contribution in [3.8, 4) is 0 Å². The second kappa shape index (κ2) is 6.73. The number of halogens is 2. The maximum absolute atomic E-state index is 6.07. The summed E-state index contributed by atoms with van der Waals surface area (Å²) in [7, 11) is 2.04. The van der Waals surface area contributed by atoms with Gasteiger partial charge in [-0.15, -0.1) is 11.6 Å². The van der Waals surface area contributed by atoms with Gasteiger partial charge in [-0.2, -0.15) is 0 Å². The second-order valence-corrected chi connectivity index (χ2v) is 5.53. The number of rotatable bonds is 5. The van der Waals surface area contributed by atoms with Crippen molar-refractivity contribution in [2.45, 2.75) is 31.7 Å². The first-order chi connectivity index (χ1) is 9.17. The molecule has 1 aromatic heterocycles. The van der Waals surface area contributed by atoms with Crippen LogP contribution in [-0.4, -0.2) is 47.6 Å². The van der Waals surface area contributed by atoms with E-state index >= 15 is 0 Å². The largest absolute Gasteiger partial charge is 0.358 e. The lowest BCUT2D eigenvalue weighted by Crippen LogP contribution is -2.39. The normalized spacial score (nSPS) is 19.9. The van der Waals surface area contributed by atoms with Crippen LogP contribution in [-0.2, 0) is 5.88 Å². The summed E-state index contributed by atoms with van der Waals surface area (Å²) in [6.07, 6.45) is 4.02. The number of anilines is 1. The van der Waals surface area contributed by atoms with E-state index in [0.29, 0.717) is 17.1 Å². The minimum Gasteiger partial charge on any atom is -0.358 e. The number of hydrogen-bond acceptors (Lipinski definition) is 4. The molecule has 0 aliphatic carbocycles. The quantitative estimate of drug-likeness (QED) is 0.618. The Labute approximate surface area is 124 Å². The Hall–Kier alpha value is -0.580. The predicted molar refractivity (Wildman–Crippen MR) is 80.1 cm³/mol. The minimum atomic E-state index is 0.335. The van der Waals surface area contributed by atoms with Crippen LogP contribution in [0.5, 0.6) is 0 Å². The van der Waals surface area contributed by atoms with E-state index in [4.69, 9.17) is 23.2 Å². The minimum absolute atomic E-state index is 0.335. The molecule has 0 bridgehead atoms. The number of alkyl halides is 1. The molecular weight excluding hydrogens is 283 g/mol. The van der Waals surface area contributed by atoms with Crippen LogP contribution in [0.1, 0.15) is 25.3 Å². The highest BCUT2D eigenvalue weighted by Gasteiger charge is 2.25. The van der Waals surface area contributed by atoms with Gasteiger partial charge in [0.05, 0.1) is 5.88 Å². The van der Waals surface area contributed by atoms with Crippen molar-refractivity contribution in [2.75, 3.05) is 31.6 Å². The van der Waals surface area contributed by atoms with E-state index in [9.17, 15) is 0 Å². The maximum Gasteiger partial charge on any atom is 0.138 e. The van der Waals surface area contributed by atoms with Crippen molar-refractivity contribution >= 4 is 29.0 Å². The molecule has 0 radical (unpaired) electrons. The molecule has 1 unspecified atom stereocenters. The molecule has 1 aliphatic heterocycles. The standard InChI is InChI=1S/C13H20Cl2N4/c1-3-19-6-4-5-10(19)8-18(2)13-11(7-14)12(15)16-9-17-13/h9-10H,3-8H2,1-2H3. The number of aromatic nitrogens is 2. The molecule has 0 N–H and O–H groups in total. The van der Waals surface area contributed by atoms with Crippen LogP contribution in [0.4, 0.5) is 5.82 Å². The number of nitrogens with zero attached hydrogens (tertiary/aromatic N) is 4. The number of hydrogen-bond donors (Lipinski definition) is 0. The average Bonchev–Trinajstić information content (AvgIpc) is 2.85. The summed E-state index contributed by atoms with van der Waals surface area (Å²) >= 11 is 12.0. The Morgan fingerprint density at radius 2 is 2.26 bits per heavy atom. The molecule has 4 nitrogen and oxygen atoms in total. The Balaban J connectivity index is 2.11. The molecule has 2 heterocycles. The third-order valence-corrected chi connectivity index (χ3v) is 4.35. The Morgan fingerprint density at radius 3 is 2.95 bits per heavy atom. The summed E-state index contributed by atoms with van der Waals surface area (Å²) in [4.78, 5) is 13.0.